The van der Waals surface area contributed by atoms with E-state index in [1.807, 2.05) is 51.1 Å². The summed E-state index contributed by atoms with van der Waals surface area (Å²) < 4.78 is 39.3. The normalized spacial score (nSPS) is 14.3. The number of benzene rings is 3. The third kappa shape index (κ3) is 5.66. The van der Waals surface area contributed by atoms with Gasteiger partial charge in [0.25, 0.3) is 5.91 Å². The predicted octanol–water partition coefficient (Wildman–Crippen LogP) is 5.58. The molecule has 1 aliphatic heterocycles. The van der Waals surface area contributed by atoms with Gasteiger partial charge in [-0.25, -0.2) is 8.42 Å². The van der Waals surface area contributed by atoms with Gasteiger partial charge in [-0.15, -0.1) is 0 Å². The van der Waals surface area contributed by atoms with Crippen molar-refractivity contribution in [2.45, 2.75) is 44.9 Å². The molecule has 1 N–H and O–H groups in total. The van der Waals surface area contributed by atoms with E-state index in [0.717, 1.165) is 36.0 Å². The van der Waals surface area contributed by atoms with Gasteiger partial charge in [-0.05, 0) is 81.1 Å². The second kappa shape index (κ2) is 11.3. The molecule has 4 aromatic rings. The average Bonchev–Trinajstić information content (AvgIpc) is 2.95. The summed E-state index contributed by atoms with van der Waals surface area (Å²) in [6.07, 6.45) is 2.74. The SMILES string of the molecule is Cc1ccc(-c2oc3cc(C)c(C)cc3c(=O)c2OCC(=O)Nc2ccc(S(=O)(=O)N3CCCCC3)cc2)cc1. The molecule has 0 saturated carbocycles. The van der Waals surface area contributed by atoms with Crippen LogP contribution in [0.2, 0.25) is 0 Å². The Morgan fingerprint density at radius 1 is 0.925 bits per heavy atom. The van der Waals surface area contributed by atoms with E-state index in [4.69, 9.17) is 9.15 Å². The number of rotatable bonds is 7. The van der Waals surface area contributed by atoms with Gasteiger partial charge < -0.3 is 14.5 Å². The Kier molecular flexibility index (Phi) is 7.78. The lowest BCUT2D eigenvalue weighted by Crippen LogP contribution is -2.35. The van der Waals surface area contributed by atoms with Gasteiger partial charge in [-0.2, -0.15) is 4.31 Å². The molecule has 1 fully saturated rings. The molecule has 0 radical (unpaired) electrons. The third-order valence-corrected chi connectivity index (χ3v) is 9.13. The van der Waals surface area contributed by atoms with E-state index < -0.39 is 22.5 Å². The summed E-state index contributed by atoms with van der Waals surface area (Å²) >= 11 is 0. The molecule has 1 amide bonds. The highest BCUT2D eigenvalue weighted by Crippen LogP contribution is 2.32. The monoisotopic (exact) mass is 560 g/mol. The summed E-state index contributed by atoms with van der Waals surface area (Å²) in [5.41, 5.74) is 4.14. The van der Waals surface area contributed by atoms with Crippen molar-refractivity contribution in [3.05, 3.63) is 87.6 Å². The first kappa shape index (κ1) is 27.6. The molecule has 5 rings (SSSR count). The highest BCUT2D eigenvalue weighted by atomic mass is 32.2. The van der Waals surface area contributed by atoms with Gasteiger partial charge in [0.05, 0.1) is 10.3 Å². The summed E-state index contributed by atoms with van der Waals surface area (Å²) in [4.78, 5) is 26.5. The Bertz CT molecular complexity index is 1720. The first-order valence-electron chi connectivity index (χ1n) is 13.3. The average molecular weight is 561 g/mol. The number of ether oxygens (including phenoxy) is 1. The number of hydrogen-bond donors (Lipinski definition) is 1. The fourth-order valence-electron chi connectivity index (χ4n) is 4.76. The number of aryl methyl sites for hydroxylation is 3. The van der Waals surface area contributed by atoms with Crippen molar-refractivity contribution < 1.29 is 22.4 Å². The number of fused-ring (bicyclic) bond motifs is 1. The predicted molar refractivity (Wildman–Crippen MR) is 155 cm³/mol. The summed E-state index contributed by atoms with van der Waals surface area (Å²) in [6, 6.07) is 17.1. The maximum absolute atomic E-state index is 13.5. The molecule has 208 valence electrons. The smallest absolute Gasteiger partial charge is 0.262 e. The number of carbonyl (C=O) groups excluding carboxylic acids is 1. The van der Waals surface area contributed by atoms with E-state index in [9.17, 15) is 18.0 Å². The number of nitrogens with zero attached hydrogens (tertiary/aromatic N) is 1. The molecular formula is C31H32N2O6S. The molecule has 8 nitrogen and oxygen atoms in total. The molecule has 40 heavy (non-hydrogen) atoms. The van der Waals surface area contributed by atoms with Crippen LogP contribution in [0.25, 0.3) is 22.3 Å². The number of hydrogen-bond acceptors (Lipinski definition) is 6. The van der Waals surface area contributed by atoms with Crippen molar-refractivity contribution in [2.75, 3.05) is 25.0 Å². The molecule has 0 atom stereocenters. The molecule has 2 heterocycles. The molecule has 0 unspecified atom stereocenters. The number of piperidine rings is 1. The Hall–Kier alpha value is -3.95. The summed E-state index contributed by atoms with van der Waals surface area (Å²) in [7, 11) is -3.57. The maximum Gasteiger partial charge on any atom is 0.262 e. The van der Waals surface area contributed by atoms with Crippen molar-refractivity contribution in [1.29, 1.82) is 0 Å². The summed E-state index contributed by atoms with van der Waals surface area (Å²) in [6.45, 7) is 6.43. The summed E-state index contributed by atoms with van der Waals surface area (Å²) in [5, 5.41) is 3.08. The maximum atomic E-state index is 13.5. The van der Waals surface area contributed by atoms with Crippen molar-refractivity contribution in [3.63, 3.8) is 0 Å². The lowest BCUT2D eigenvalue weighted by Gasteiger charge is -2.25. The molecule has 0 bridgehead atoms. The van der Waals surface area contributed by atoms with Crippen LogP contribution in [0.3, 0.4) is 0 Å². The van der Waals surface area contributed by atoms with Gasteiger partial charge in [0.2, 0.25) is 21.2 Å². The van der Waals surface area contributed by atoms with Gasteiger partial charge in [0.15, 0.2) is 12.4 Å². The van der Waals surface area contributed by atoms with Crippen molar-refractivity contribution in [1.82, 2.24) is 4.31 Å². The van der Waals surface area contributed by atoms with E-state index in [-0.39, 0.29) is 21.8 Å². The van der Waals surface area contributed by atoms with Crippen molar-refractivity contribution in [3.8, 4) is 17.1 Å². The molecule has 0 spiro atoms. The molecule has 1 aliphatic rings. The Labute approximate surface area is 233 Å². The molecule has 9 heteroatoms. The van der Waals surface area contributed by atoms with Crippen LogP contribution in [-0.2, 0) is 14.8 Å². The van der Waals surface area contributed by atoms with Gasteiger partial charge in [-0.1, -0.05) is 36.2 Å². The molecule has 3 aromatic carbocycles. The van der Waals surface area contributed by atoms with E-state index in [1.165, 1.54) is 16.4 Å². The van der Waals surface area contributed by atoms with Crippen molar-refractivity contribution in [2.24, 2.45) is 0 Å². The van der Waals surface area contributed by atoms with Crippen LogP contribution >= 0.6 is 0 Å². The Morgan fingerprint density at radius 3 is 2.25 bits per heavy atom. The zero-order valence-electron chi connectivity index (χ0n) is 22.8. The molecule has 1 aromatic heterocycles. The van der Waals surface area contributed by atoms with E-state index in [2.05, 4.69) is 5.32 Å². The highest BCUT2D eigenvalue weighted by Gasteiger charge is 2.26. The zero-order chi connectivity index (χ0) is 28.4. The lowest BCUT2D eigenvalue weighted by atomic mass is 10.0. The zero-order valence-corrected chi connectivity index (χ0v) is 23.6. The van der Waals surface area contributed by atoms with Crippen LogP contribution in [0.4, 0.5) is 5.69 Å². The van der Waals surface area contributed by atoms with Crippen LogP contribution in [0.1, 0.15) is 36.0 Å². The fourth-order valence-corrected chi connectivity index (χ4v) is 6.28. The highest BCUT2D eigenvalue weighted by molar-refractivity contribution is 7.89. The minimum atomic E-state index is -3.57. The number of nitrogens with one attached hydrogen (secondary N) is 1. The van der Waals surface area contributed by atoms with Crippen LogP contribution < -0.4 is 15.5 Å². The van der Waals surface area contributed by atoms with Crippen LogP contribution in [0, 0.1) is 20.8 Å². The fraction of sp³-hybridized carbons (Fsp3) is 0.290. The topological polar surface area (TPSA) is 106 Å². The van der Waals surface area contributed by atoms with E-state index >= 15 is 0 Å². The Balaban J connectivity index is 1.36. The van der Waals surface area contributed by atoms with Gasteiger partial charge in [0, 0.05) is 24.3 Å². The minimum absolute atomic E-state index is 0.0438. The standard InChI is InChI=1S/C31H32N2O6S/c1-20-7-9-23(10-8-20)30-31(29(35)26-17-21(2)22(3)18-27(26)39-30)38-19-28(34)32-24-11-13-25(14-12-24)40(36,37)33-15-5-4-6-16-33/h7-14,17-18H,4-6,15-16,19H2,1-3H3,(H,32,34). The molecular weight excluding hydrogens is 528 g/mol. The first-order valence-corrected chi connectivity index (χ1v) is 14.8. The Morgan fingerprint density at radius 2 is 1.57 bits per heavy atom. The van der Waals surface area contributed by atoms with Gasteiger partial charge in [-0.3, -0.25) is 9.59 Å². The number of anilines is 1. The van der Waals surface area contributed by atoms with Gasteiger partial charge >= 0.3 is 0 Å². The second-order valence-electron chi connectivity index (χ2n) is 10.2. The van der Waals surface area contributed by atoms with E-state index in [0.29, 0.717) is 35.3 Å². The van der Waals surface area contributed by atoms with Crippen LogP contribution in [0.15, 0.2) is 74.8 Å². The number of carbonyl (C=O) groups is 1. The minimum Gasteiger partial charge on any atom is -0.476 e. The quantitative estimate of drug-likeness (QED) is 0.316. The van der Waals surface area contributed by atoms with E-state index in [1.54, 1.807) is 18.2 Å². The first-order chi connectivity index (χ1) is 19.1. The number of amides is 1. The molecule has 0 aliphatic carbocycles. The van der Waals surface area contributed by atoms with Gasteiger partial charge in [0.1, 0.15) is 5.58 Å². The van der Waals surface area contributed by atoms with Crippen LogP contribution in [-0.4, -0.2) is 38.3 Å². The summed E-state index contributed by atoms with van der Waals surface area (Å²) in [5.74, 6) is -0.292. The molecule has 1 saturated heterocycles. The number of sulfonamides is 1. The van der Waals surface area contributed by atoms with Crippen LogP contribution in [0.5, 0.6) is 5.75 Å². The second-order valence-corrected chi connectivity index (χ2v) is 12.2. The largest absolute Gasteiger partial charge is 0.476 e. The lowest BCUT2D eigenvalue weighted by molar-refractivity contribution is -0.118. The third-order valence-electron chi connectivity index (χ3n) is 7.22. The van der Waals surface area contributed by atoms with Crippen molar-refractivity contribution >= 4 is 32.6 Å².